The molecule has 1 aromatic heterocycles. The molecule has 1 amide bonds. The molecule has 0 saturated carbocycles. The predicted molar refractivity (Wildman–Crippen MR) is 63.3 cm³/mol. The number of amides is 1. The maximum absolute atomic E-state index is 11.7. The molecule has 1 aromatic rings. The highest BCUT2D eigenvalue weighted by molar-refractivity contribution is 5.91. The summed E-state index contributed by atoms with van der Waals surface area (Å²) in [4.78, 5) is 16.0. The molecule has 0 aliphatic carbocycles. The fourth-order valence-electron chi connectivity index (χ4n) is 1.77. The van der Waals surface area contributed by atoms with Crippen molar-refractivity contribution < 1.29 is 4.79 Å². The molecule has 1 saturated heterocycles. The van der Waals surface area contributed by atoms with Gasteiger partial charge in [-0.2, -0.15) is 0 Å². The Labute approximate surface area is 95.5 Å². The first-order valence-electron chi connectivity index (χ1n) is 5.60. The topological polar surface area (TPSA) is 54.0 Å². The van der Waals surface area contributed by atoms with Gasteiger partial charge in [0.05, 0.1) is 11.4 Å². The lowest BCUT2D eigenvalue weighted by atomic mass is 9.99. The molecule has 2 N–H and O–H groups in total. The van der Waals surface area contributed by atoms with E-state index >= 15 is 0 Å². The van der Waals surface area contributed by atoms with E-state index in [-0.39, 0.29) is 5.91 Å². The molecule has 2 rings (SSSR count). The minimum atomic E-state index is 0.0836. The van der Waals surface area contributed by atoms with Crippen LogP contribution in [0.2, 0.25) is 0 Å². The molecule has 1 fully saturated rings. The number of hydrogen-bond donors (Lipinski definition) is 2. The van der Waals surface area contributed by atoms with Gasteiger partial charge in [0.25, 0.3) is 0 Å². The van der Waals surface area contributed by atoms with Gasteiger partial charge in [-0.05, 0) is 45.0 Å². The highest BCUT2D eigenvalue weighted by atomic mass is 16.1. The number of nitrogens with one attached hydrogen (secondary N) is 2. The van der Waals surface area contributed by atoms with Crippen LogP contribution in [-0.4, -0.2) is 24.0 Å². The summed E-state index contributed by atoms with van der Waals surface area (Å²) in [6.45, 7) is 5.77. The summed E-state index contributed by atoms with van der Waals surface area (Å²) in [5.74, 6) is 0.582. The number of rotatable bonds is 3. The van der Waals surface area contributed by atoms with Gasteiger partial charge in [-0.1, -0.05) is 0 Å². The first kappa shape index (κ1) is 11.1. The number of nitrogens with zero attached hydrogens (tertiary/aromatic N) is 1. The van der Waals surface area contributed by atoms with Crippen LogP contribution in [-0.2, 0) is 4.79 Å². The molecule has 1 aliphatic heterocycles. The van der Waals surface area contributed by atoms with Crippen molar-refractivity contribution in [2.24, 2.45) is 5.92 Å². The lowest BCUT2D eigenvalue weighted by Crippen LogP contribution is -2.43. The molecule has 0 bridgehead atoms. The first-order chi connectivity index (χ1) is 7.65. The van der Waals surface area contributed by atoms with Gasteiger partial charge >= 0.3 is 0 Å². The van der Waals surface area contributed by atoms with E-state index in [4.69, 9.17) is 0 Å². The third kappa shape index (κ3) is 2.58. The Balaban J connectivity index is 1.94. The van der Waals surface area contributed by atoms with Crippen molar-refractivity contribution in [1.29, 1.82) is 0 Å². The second-order valence-electron chi connectivity index (χ2n) is 4.36. The standard InChI is InChI=1S/C12H17N3O/c1-8-3-4-11(9(2)14-8)15-12(16)5-10-6-13-7-10/h3-4,10,13H,5-7H2,1-2H3,(H,15,16). The Kier molecular flexibility index (Phi) is 3.19. The summed E-state index contributed by atoms with van der Waals surface area (Å²) in [7, 11) is 0. The maximum atomic E-state index is 11.7. The molecular weight excluding hydrogens is 202 g/mol. The Hall–Kier alpha value is -1.42. The van der Waals surface area contributed by atoms with E-state index in [1.54, 1.807) is 0 Å². The average Bonchev–Trinajstić information content (AvgIpc) is 2.16. The van der Waals surface area contributed by atoms with Crippen molar-refractivity contribution in [2.75, 3.05) is 18.4 Å². The second kappa shape index (κ2) is 4.61. The second-order valence-corrected chi connectivity index (χ2v) is 4.36. The van der Waals surface area contributed by atoms with Crippen molar-refractivity contribution in [1.82, 2.24) is 10.3 Å². The molecule has 16 heavy (non-hydrogen) atoms. The molecule has 0 spiro atoms. The van der Waals surface area contributed by atoms with Crippen LogP contribution in [0.4, 0.5) is 5.69 Å². The zero-order valence-electron chi connectivity index (χ0n) is 9.71. The Morgan fingerprint density at radius 3 is 2.81 bits per heavy atom. The molecule has 0 atom stereocenters. The summed E-state index contributed by atoms with van der Waals surface area (Å²) in [6, 6.07) is 3.82. The quantitative estimate of drug-likeness (QED) is 0.804. The molecule has 4 heteroatoms. The van der Waals surface area contributed by atoms with Crippen molar-refractivity contribution in [2.45, 2.75) is 20.3 Å². The number of pyridine rings is 1. The van der Waals surface area contributed by atoms with Crippen LogP contribution in [0.3, 0.4) is 0 Å². The van der Waals surface area contributed by atoms with Gasteiger partial charge in [-0.3, -0.25) is 9.78 Å². The molecule has 4 nitrogen and oxygen atoms in total. The zero-order chi connectivity index (χ0) is 11.5. The van der Waals surface area contributed by atoms with Crippen LogP contribution >= 0.6 is 0 Å². The largest absolute Gasteiger partial charge is 0.324 e. The van der Waals surface area contributed by atoms with Gasteiger partial charge in [0.1, 0.15) is 0 Å². The van der Waals surface area contributed by atoms with E-state index < -0.39 is 0 Å². The number of hydrogen-bond acceptors (Lipinski definition) is 3. The molecule has 2 heterocycles. The van der Waals surface area contributed by atoms with Gasteiger partial charge < -0.3 is 10.6 Å². The van der Waals surface area contributed by atoms with Gasteiger partial charge in [-0.15, -0.1) is 0 Å². The van der Waals surface area contributed by atoms with Crippen LogP contribution in [0.5, 0.6) is 0 Å². The molecule has 0 radical (unpaired) electrons. The van der Waals surface area contributed by atoms with Gasteiger partial charge in [0.15, 0.2) is 0 Å². The molecule has 1 aliphatic rings. The average molecular weight is 219 g/mol. The third-order valence-corrected chi connectivity index (χ3v) is 2.84. The monoisotopic (exact) mass is 219 g/mol. The maximum Gasteiger partial charge on any atom is 0.224 e. The van der Waals surface area contributed by atoms with E-state index in [2.05, 4.69) is 15.6 Å². The summed E-state index contributed by atoms with van der Waals surface area (Å²) < 4.78 is 0. The highest BCUT2D eigenvalue weighted by Crippen LogP contribution is 2.15. The Bertz CT molecular complexity index is 399. The summed E-state index contributed by atoms with van der Waals surface area (Å²) in [5, 5.41) is 6.06. The number of carbonyl (C=O) groups is 1. The predicted octanol–water partition coefficient (Wildman–Crippen LogP) is 1.25. The number of anilines is 1. The van der Waals surface area contributed by atoms with Crippen molar-refractivity contribution in [3.8, 4) is 0 Å². The van der Waals surface area contributed by atoms with Crippen LogP contribution in [0, 0.1) is 19.8 Å². The Morgan fingerprint density at radius 2 is 2.25 bits per heavy atom. The number of aryl methyl sites for hydroxylation is 2. The lowest BCUT2D eigenvalue weighted by Gasteiger charge is -2.26. The minimum absolute atomic E-state index is 0.0836. The van der Waals surface area contributed by atoms with E-state index in [0.29, 0.717) is 12.3 Å². The summed E-state index contributed by atoms with van der Waals surface area (Å²) in [5.41, 5.74) is 2.67. The molecular formula is C12H17N3O. The zero-order valence-corrected chi connectivity index (χ0v) is 9.71. The van der Waals surface area contributed by atoms with Crippen molar-refractivity contribution in [3.63, 3.8) is 0 Å². The summed E-state index contributed by atoms with van der Waals surface area (Å²) >= 11 is 0. The van der Waals surface area contributed by atoms with E-state index in [0.717, 1.165) is 30.2 Å². The van der Waals surface area contributed by atoms with Gasteiger partial charge in [-0.25, -0.2) is 0 Å². The molecule has 0 aromatic carbocycles. The van der Waals surface area contributed by atoms with Crippen molar-refractivity contribution >= 4 is 11.6 Å². The fourth-order valence-corrected chi connectivity index (χ4v) is 1.77. The smallest absolute Gasteiger partial charge is 0.224 e. The summed E-state index contributed by atoms with van der Waals surface area (Å²) in [6.07, 6.45) is 0.598. The molecule has 86 valence electrons. The lowest BCUT2D eigenvalue weighted by molar-refractivity contribution is -0.117. The van der Waals surface area contributed by atoms with E-state index in [9.17, 15) is 4.79 Å². The van der Waals surface area contributed by atoms with E-state index in [1.807, 2.05) is 26.0 Å². The van der Waals surface area contributed by atoms with Gasteiger partial charge in [0.2, 0.25) is 5.91 Å². The molecule has 0 unspecified atom stereocenters. The third-order valence-electron chi connectivity index (χ3n) is 2.84. The number of aromatic nitrogens is 1. The van der Waals surface area contributed by atoms with Crippen molar-refractivity contribution in [3.05, 3.63) is 23.5 Å². The van der Waals surface area contributed by atoms with E-state index in [1.165, 1.54) is 0 Å². The van der Waals surface area contributed by atoms with Crippen LogP contribution < -0.4 is 10.6 Å². The minimum Gasteiger partial charge on any atom is -0.324 e. The van der Waals surface area contributed by atoms with Crippen LogP contribution in [0.25, 0.3) is 0 Å². The fraction of sp³-hybridized carbons (Fsp3) is 0.500. The highest BCUT2D eigenvalue weighted by Gasteiger charge is 2.20. The first-order valence-corrected chi connectivity index (χ1v) is 5.60. The van der Waals surface area contributed by atoms with Crippen LogP contribution in [0.1, 0.15) is 17.8 Å². The Morgan fingerprint density at radius 1 is 1.50 bits per heavy atom. The van der Waals surface area contributed by atoms with Crippen LogP contribution in [0.15, 0.2) is 12.1 Å². The normalized spacial score (nSPS) is 15.6. The number of carbonyl (C=O) groups excluding carboxylic acids is 1. The van der Waals surface area contributed by atoms with Gasteiger partial charge in [0, 0.05) is 12.1 Å². The SMILES string of the molecule is Cc1ccc(NC(=O)CC2CNC2)c(C)n1.